The van der Waals surface area contributed by atoms with E-state index in [1.165, 1.54) is 56.9 Å². The highest BCUT2D eigenvalue weighted by Gasteiger charge is 2.29. The van der Waals surface area contributed by atoms with E-state index < -0.39 is 0 Å². The van der Waals surface area contributed by atoms with Gasteiger partial charge in [0, 0.05) is 12.4 Å². The summed E-state index contributed by atoms with van der Waals surface area (Å²) < 4.78 is 0. The van der Waals surface area contributed by atoms with Crippen molar-refractivity contribution in [3.63, 3.8) is 0 Å². The van der Waals surface area contributed by atoms with E-state index in [0.717, 1.165) is 23.6 Å². The van der Waals surface area contributed by atoms with Gasteiger partial charge in [-0.25, -0.2) is 9.97 Å². The zero-order valence-electron chi connectivity index (χ0n) is 11.4. The molecule has 0 spiro atoms. The minimum atomic E-state index is 0.725. The Morgan fingerprint density at radius 2 is 1.39 bits per heavy atom. The van der Waals surface area contributed by atoms with Crippen LogP contribution in [0, 0.1) is 18.8 Å². The predicted octanol–water partition coefficient (Wildman–Crippen LogP) is 4.25. The monoisotopic (exact) mass is 244 g/mol. The van der Waals surface area contributed by atoms with Gasteiger partial charge in [-0.05, 0) is 55.9 Å². The first-order valence-corrected chi connectivity index (χ1v) is 7.61. The molecule has 0 radical (unpaired) electrons. The number of hydrogen-bond donors (Lipinski definition) is 0. The first-order valence-electron chi connectivity index (χ1n) is 7.61. The van der Waals surface area contributed by atoms with E-state index in [4.69, 9.17) is 0 Å². The van der Waals surface area contributed by atoms with Crippen molar-refractivity contribution in [1.82, 2.24) is 9.97 Å². The molecule has 0 atom stereocenters. The molecule has 1 heterocycles. The zero-order chi connectivity index (χ0) is 12.4. The molecule has 1 aromatic rings. The zero-order valence-corrected chi connectivity index (χ0v) is 11.4. The van der Waals surface area contributed by atoms with Gasteiger partial charge in [-0.3, -0.25) is 0 Å². The predicted molar refractivity (Wildman–Crippen MR) is 73.4 cm³/mol. The molecule has 2 nitrogen and oxygen atoms in total. The molecule has 0 bridgehead atoms. The average molecular weight is 244 g/mol. The first-order chi connectivity index (χ1) is 8.83. The van der Waals surface area contributed by atoms with Crippen LogP contribution in [-0.4, -0.2) is 9.97 Å². The lowest BCUT2D eigenvalue weighted by Crippen LogP contribution is -2.19. The fraction of sp³-hybridized carbons (Fsp3) is 0.750. The highest BCUT2D eigenvalue weighted by molar-refractivity contribution is 5.12. The van der Waals surface area contributed by atoms with Gasteiger partial charge in [-0.1, -0.05) is 25.7 Å². The Balaban J connectivity index is 1.57. The largest absolute Gasteiger partial charge is 0.241 e. The van der Waals surface area contributed by atoms with Crippen LogP contribution in [0.15, 0.2) is 12.4 Å². The molecular weight excluding hydrogens is 220 g/mol. The molecule has 18 heavy (non-hydrogen) atoms. The summed E-state index contributed by atoms with van der Waals surface area (Å²) in [7, 11) is 0. The van der Waals surface area contributed by atoms with E-state index in [1.807, 2.05) is 19.3 Å². The summed E-state index contributed by atoms with van der Waals surface area (Å²) in [5.41, 5.74) is 1.37. The molecule has 98 valence electrons. The van der Waals surface area contributed by atoms with Crippen molar-refractivity contribution >= 4 is 0 Å². The topological polar surface area (TPSA) is 25.8 Å². The Labute approximate surface area is 110 Å². The van der Waals surface area contributed by atoms with Crippen molar-refractivity contribution in [2.45, 2.75) is 64.2 Å². The van der Waals surface area contributed by atoms with Crippen LogP contribution in [0.3, 0.4) is 0 Å². The summed E-state index contributed by atoms with van der Waals surface area (Å²) in [4.78, 5) is 8.68. The molecule has 3 rings (SSSR count). The van der Waals surface area contributed by atoms with Crippen LogP contribution in [-0.2, 0) is 0 Å². The van der Waals surface area contributed by atoms with E-state index in [2.05, 4.69) is 9.97 Å². The van der Waals surface area contributed by atoms with Crippen LogP contribution < -0.4 is 0 Å². The lowest BCUT2D eigenvalue weighted by atomic mass is 9.74. The number of hydrogen-bond acceptors (Lipinski definition) is 2. The van der Waals surface area contributed by atoms with Gasteiger partial charge in [0.05, 0.1) is 0 Å². The normalized spacial score (nSPS) is 29.6. The van der Waals surface area contributed by atoms with E-state index >= 15 is 0 Å². The molecule has 0 aliphatic heterocycles. The van der Waals surface area contributed by atoms with Crippen molar-refractivity contribution in [3.8, 4) is 0 Å². The molecule has 2 saturated carbocycles. The third-order valence-corrected chi connectivity index (χ3v) is 5.11. The molecule has 1 aromatic heterocycles. The highest BCUT2D eigenvalue weighted by atomic mass is 14.8. The van der Waals surface area contributed by atoms with Crippen LogP contribution >= 0.6 is 0 Å². The maximum absolute atomic E-state index is 4.34. The number of nitrogens with zero attached hydrogens (tertiary/aromatic N) is 2. The molecular formula is C16H24N2. The van der Waals surface area contributed by atoms with Gasteiger partial charge in [0.15, 0.2) is 0 Å². The van der Waals surface area contributed by atoms with Crippen LogP contribution in [0.4, 0.5) is 0 Å². The highest BCUT2D eigenvalue weighted by Crippen LogP contribution is 2.43. The van der Waals surface area contributed by atoms with Gasteiger partial charge in [0.2, 0.25) is 0 Å². The summed E-state index contributed by atoms with van der Waals surface area (Å²) in [5.74, 6) is 3.69. The Morgan fingerprint density at radius 1 is 0.833 bits per heavy atom. The Bertz CT molecular complexity index is 371. The molecule has 2 fully saturated rings. The van der Waals surface area contributed by atoms with Gasteiger partial charge in [-0.2, -0.15) is 0 Å². The number of rotatable bonds is 2. The second kappa shape index (κ2) is 5.38. The summed E-state index contributed by atoms with van der Waals surface area (Å²) in [6.07, 6.45) is 15.6. The SMILES string of the molecule is Cc1ncc(C2CCC(C3CCCC3)CC2)cn1. The fourth-order valence-corrected chi connectivity index (χ4v) is 3.97. The molecule has 2 aliphatic rings. The van der Waals surface area contributed by atoms with Crippen molar-refractivity contribution in [1.29, 1.82) is 0 Å². The lowest BCUT2D eigenvalue weighted by molar-refractivity contribution is 0.235. The third kappa shape index (κ3) is 2.57. The maximum Gasteiger partial charge on any atom is 0.125 e. The summed E-state index contributed by atoms with van der Waals surface area (Å²) in [5, 5.41) is 0. The Morgan fingerprint density at radius 3 is 2.00 bits per heavy atom. The van der Waals surface area contributed by atoms with Crippen LogP contribution in [0.1, 0.15) is 68.7 Å². The Hall–Kier alpha value is -0.920. The van der Waals surface area contributed by atoms with Gasteiger partial charge in [-0.15, -0.1) is 0 Å². The fourth-order valence-electron chi connectivity index (χ4n) is 3.97. The van der Waals surface area contributed by atoms with E-state index in [0.29, 0.717) is 0 Å². The molecule has 2 aliphatic carbocycles. The van der Waals surface area contributed by atoms with Crippen molar-refractivity contribution in [2.75, 3.05) is 0 Å². The third-order valence-electron chi connectivity index (χ3n) is 5.11. The summed E-state index contributed by atoms with van der Waals surface area (Å²) >= 11 is 0. The first kappa shape index (κ1) is 12.1. The van der Waals surface area contributed by atoms with Crippen molar-refractivity contribution in [3.05, 3.63) is 23.8 Å². The van der Waals surface area contributed by atoms with Crippen molar-refractivity contribution in [2.24, 2.45) is 11.8 Å². The van der Waals surface area contributed by atoms with Gasteiger partial charge >= 0.3 is 0 Å². The van der Waals surface area contributed by atoms with Crippen LogP contribution in [0.2, 0.25) is 0 Å². The number of aromatic nitrogens is 2. The van der Waals surface area contributed by atoms with Crippen molar-refractivity contribution < 1.29 is 0 Å². The van der Waals surface area contributed by atoms with Gasteiger partial charge < -0.3 is 0 Å². The lowest BCUT2D eigenvalue weighted by Gasteiger charge is -2.32. The molecule has 0 amide bonds. The van der Waals surface area contributed by atoms with Gasteiger partial charge in [0.1, 0.15) is 5.82 Å². The second-order valence-electron chi connectivity index (χ2n) is 6.22. The molecule has 0 saturated heterocycles. The van der Waals surface area contributed by atoms with E-state index in [1.54, 1.807) is 0 Å². The van der Waals surface area contributed by atoms with Crippen LogP contribution in [0.5, 0.6) is 0 Å². The standard InChI is InChI=1S/C16H24N2/c1-12-17-10-16(11-18-12)15-8-6-14(7-9-15)13-4-2-3-5-13/h10-11,13-15H,2-9H2,1H3. The maximum atomic E-state index is 4.34. The molecule has 2 heteroatoms. The second-order valence-corrected chi connectivity index (χ2v) is 6.22. The molecule has 0 unspecified atom stereocenters. The average Bonchev–Trinajstić information content (AvgIpc) is 2.94. The molecule has 0 N–H and O–H groups in total. The summed E-state index contributed by atoms with van der Waals surface area (Å²) in [6.45, 7) is 1.96. The summed E-state index contributed by atoms with van der Waals surface area (Å²) in [6, 6.07) is 0. The molecule has 0 aromatic carbocycles. The van der Waals surface area contributed by atoms with E-state index in [9.17, 15) is 0 Å². The minimum absolute atomic E-state index is 0.725. The quantitative estimate of drug-likeness (QED) is 0.777. The Kier molecular flexibility index (Phi) is 3.62. The number of aryl methyl sites for hydroxylation is 1. The smallest absolute Gasteiger partial charge is 0.125 e. The van der Waals surface area contributed by atoms with Crippen LogP contribution in [0.25, 0.3) is 0 Å². The van der Waals surface area contributed by atoms with E-state index in [-0.39, 0.29) is 0 Å². The van der Waals surface area contributed by atoms with Gasteiger partial charge in [0.25, 0.3) is 0 Å². The minimum Gasteiger partial charge on any atom is -0.241 e.